The van der Waals surface area contributed by atoms with E-state index in [-0.39, 0.29) is 27.5 Å². The molecule has 2 aromatic rings. The zero-order chi connectivity index (χ0) is 18.1. The van der Waals surface area contributed by atoms with E-state index in [4.69, 9.17) is 0 Å². The van der Waals surface area contributed by atoms with Crippen molar-refractivity contribution >= 4 is 0 Å². The van der Waals surface area contributed by atoms with Crippen LogP contribution in [0.4, 0.5) is 0 Å². The zero-order valence-electron chi connectivity index (χ0n) is 17.7. The molecule has 0 unspecified atom stereocenters. The Morgan fingerprint density at radius 1 is 0.577 bits per heavy atom. The molecule has 149 valence electrons. The summed E-state index contributed by atoms with van der Waals surface area (Å²) in [5.74, 6) is 4.68. The van der Waals surface area contributed by atoms with Gasteiger partial charge >= 0.3 is 0 Å². The zero-order valence-corrected chi connectivity index (χ0v) is 20.1. The van der Waals surface area contributed by atoms with E-state index in [9.17, 15) is 0 Å². The van der Waals surface area contributed by atoms with Crippen molar-refractivity contribution in [3.05, 3.63) is 56.2 Å². The molecule has 1 fully saturated rings. The number of hydrogen-bond acceptors (Lipinski definition) is 2. The van der Waals surface area contributed by atoms with Crippen LogP contribution < -0.4 is 0 Å². The van der Waals surface area contributed by atoms with Crippen molar-refractivity contribution in [2.75, 3.05) is 0 Å². The number of aromatic nitrogens is 2. The predicted octanol–water partition coefficient (Wildman–Crippen LogP) is 6.80. The van der Waals surface area contributed by atoms with E-state index in [0.717, 1.165) is 41.0 Å². The summed E-state index contributed by atoms with van der Waals surface area (Å²) in [7, 11) is 0. The molecule has 2 aromatic heterocycles. The van der Waals surface area contributed by atoms with Gasteiger partial charge in [0.15, 0.2) is 0 Å². The van der Waals surface area contributed by atoms with Gasteiger partial charge in [0.05, 0.1) is 11.4 Å². The van der Waals surface area contributed by atoms with Crippen LogP contribution in [0.3, 0.4) is 0 Å². The van der Waals surface area contributed by atoms with Gasteiger partial charge in [-0.1, -0.05) is 60.6 Å². The second-order valence-electron chi connectivity index (χ2n) is 6.73. The van der Waals surface area contributed by atoms with Gasteiger partial charge in [-0.3, -0.25) is 9.97 Å². The van der Waals surface area contributed by atoms with Gasteiger partial charge in [0.2, 0.25) is 0 Å². The fraction of sp³-hybridized carbons (Fsp3) is 0.522. The molecule has 2 heterocycles. The molecule has 3 rings (SSSR count). The molecular weight excluding hydrogens is 496 g/mol. The van der Waals surface area contributed by atoms with Crippen LogP contribution in [0, 0.1) is 37.0 Å². The van der Waals surface area contributed by atoms with Gasteiger partial charge in [-0.05, 0) is 53.9 Å². The third-order valence-electron chi connectivity index (χ3n) is 5.74. The second-order valence-corrected chi connectivity index (χ2v) is 6.73. The summed E-state index contributed by atoms with van der Waals surface area (Å²) in [6.45, 7) is 16.0. The molecule has 1 saturated carbocycles. The minimum atomic E-state index is 0. The molecule has 26 heavy (non-hydrogen) atoms. The Balaban J connectivity index is 0. The third-order valence-corrected chi connectivity index (χ3v) is 5.74. The van der Waals surface area contributed by atoms with E-state index >= 15 is 0 Å². The average Bonchev–Trinajstić information content (AvgIpc) is 2.83. The summed E-state index contributed by atoms with van der Waals surface area (Å²) in [5, 5.41) is 0. The summed E-state index contributed by atoms with van der Waals surface area (Å²) < 4.78 is 0. The van der Waals surface area contributed by atoms with Crippen LogP contribution >= 0.6 is 0 Å². The maximum Gasteiger partial charge on any atom is 0.0886 e. The maximum absolute atomic E-state index is 4.19. The van der Waals surface area contributed by atoms with E-state index in [2.05, 4.69) is 44.6 Å². The monoisotopic (exact) mass is 534 g/mol. The normalized spacial score (nSPS) is 26.0. The molecule has 0 saturated heterocycles. The van der Waals surface area contributed by atoms with Crippen LogP contribution in [0.2, 0.25) is 0 Å². The van der Waals surface area contributed by atoms with Gasteiger partial charge in [-0.15, -0.1) is 0 Å². The molecule has 2 nitrogen and oxygen atoms in total. The van der Waals surface area contributed by atoms with E-state index < -0.39 is 0 Å². The Kier molecular flexibility index (Phi) is 14.7. The molecule has 0 bridgehead atoms. The fourth-order valence-corrected chi connectivity index (χ4v) is 3.42. The van der Waals surface area contributed by atoms with Crippen molar-refractivity contribution in [3.63, 3.8) is 0 Å². The molecule has 0 aromatic carbocycles. The SMILES string of the molecule is CC.CC1C(C)C(C)C(C)C1C.[CH3-].[Ir].c1ccc(-c2ccccn2)nc1. The van der Waals surface area contributed by atoms with Crippen LogP contribution in [-0.4, -0.2) is 9.97 Å². The fourth-order valence-electron chi connectivity index (χ4n) is 3.42. The number of pyridine rings is 2. The molecule has 0 atom stereocenters. The van der Waals surface area contributed by atoms with Crippen molar-refractivity contribution in [2.24, 2.45) is 29.6 Å². The van der Waals surface area contributed by atoms with E-state index in [0.29, 0.717) is 0 Å². The number of nitrogens with zero attached hydrogens (tertiary/aromatic N) is 2. The standard InChI is InChI=1S/C10H8N2.C10H20.C2H6.CH3.Ir/c1-3-7-11-9(5-1)10-6-2-4-8-12-10;1-6-7(2)9(4)10(5)8(6)3;1-2;;/h1-8H;6-10H,1-5H3;1-2H3;1H3;/q;;;-1;. The van der Waals surface area contributed by atoms with Crippen molar-refractivity contribution in [1.82, 2.24) is 9.97 Å². The van der Waals surface area contributed by atoms with Crippen LogP contribution in [0.1, 0.15) is 48.5 Å². The minimum absolute atomic E-state index is 0. The Morgan fingerprint density at radius 2 is 0.846 bits per heavy atom. The minimum Gasteiger partial charge on any atom is -0.358 e. The average molecular weight is 534 g/mol. The topological polar surface area (TPSA) is 25.8 Å². The van der Waals surface area contributed by atoms with E-state index in [1.165, 1.54) is 0 Å². The van der Waals surface area contributed by atoms with Crippen molar-refractivity contribution in [3.8, 4) is 11.4 Å². The Bertz CT molecular complexity index is 477. The Morgan fingerprint density at radius 3 is 1.04 bits per heavy atom. The molecular formula is C23H37IrN2-. The Labute approximate surface area is 175 Å². The van der Waals surface area contributed by atoms with E-state index in [1.807, 2.05) is 50.2 Å². The first-order chi connectivity index (χ1) is 11.5. The second kappa shape index (κ2) is 14.1. The summed E-state index contributed by atoms with van der Waals surface area (Å²) in [6.07, 6.45) is 3.54. The first-order valence-electron chi connectivity index (χ1n) is 9.34. The smallest absolute Gasteiger partial charge is 0.0886 e. The van der Waals surface area contributed by atoms with Gasteiger partial charge in [0, 0.05) is 32.5 Å². The van der Waals surface area contributed by atoms with Gasteiger partial charge in [-0.2, -0.15) is 0 Å². The summed E-state index contributed by atoms with van der Waals surface area (Å²) in [5.41, 5.74) is 1.83. The molecule has 3 heteroatoms. The number of hydrogen-bond donors (Lipinski definition) is 0. The molecule has 1 aliphatic rings. The summed E-state index contributed by atoms with van der Waals surface area (Å²) >= 11 is 0. The van der Waals surface area contributed by atoms with Crippen LogP contribution in [0.25, 0.3) is 11.4 Å². The quantitative estimate of drug-likeness (QED) is 0.377. The van der Waals surface area contributed by atoms with Gasteiger partial charge in [-0.25, -0.2) is 0 Å². The first-order valence-corrected chi connectivity index (χ1v) is 9.34. The summed E-state index contributed by atoms with van der Waals surface area (Å²) in [4.78, 5) is 8.37. The van der Waals surface area contributed by atoms with Crippen molar-refractivity contribution < 1.29 is 20.1 Å². The molecule has 1 aliphatic carbocycles. The number of rotatable bonds is 1. The van der Waals surface area contributed by atoms with Crippen molar-refractivity contribution in [2.45, 2.75) is 48.5 Å². The van der Waals surface area contributed by atoms with Crippen LogP contribution in [-0.2, 0) is 20.1 Å². The summed E-state index contributed by atoms with van der Waals surface area (Å²) in [6, 6.07) is 11.6. The van der Waals surface area contributed by atoms with E-state index in [1.54, 1.807) is 12.4 Å². The van der Waals surface area contributed by atoms with Crippen LogP contribution in [0.5, 0.6) is 0 Å². The first kappa shape index (κ1) is 27.2. The maximum atomic E-state index is 4.19. The predicted molar refractivity (Wildman–Crippen MR) is 111 cm³/mol. The molecule has 0 spiro atoms. The third kappa shape index (κ3) is 7.29. The van der Waals surface area contributed by atoms with Gasteiger partial charge in [0.1, 0.15) is 0 Å². The molecule has 0 aliphatic heterocycles. The van der Waals surface area contributed by atoms with Crippen LogP contribution in [0.15, 0.2) is 48.8 Å². The largest absolute Gasteiger partial charge is 0.358 e. The molecule has 0 N–H and O–H groups in total. The van der Waals surface area contributed by atoms with Crippen molar-refractivity contribution in [1.29, 1.82) is 0 Å². The van der Waals surface area contributed by atoms with Gasteiger partial charge < -0.3 is 7.43 Å². The Hall–Kier alpha value is -1.05. The van der Waals surface area contributed by atoms with Gasteiger partial charge in [0.25, 0.3) is 0 Å². The molecule has 0 amide bonds. The molecule has 1 radical (unpaired) electrons.